The number of aryl methyl sites for hydroxylation is 1. The molecule has 3 nitrogen and oxygen atoms in total. The van der Waals surface area contributed by atoms with Gasteiger partial charge in [-0.2, -0.15) is 0 Å². The smallest absolute Gasteiger partial charge is 0.230 e. The van der Waals surface area contributed by atoms with Gasteiger partial charge in [0.05, 0.1) is 5.75 Å². The number of anilines is 1. The topological polar surface area (TPSA) is 55.1 Å². The van der Waals surface area contributed by atoms with Crippen LogP contribution in [0, 0.1) is 6.92 Å². The van der Waals surface area contributed by atoms with Crippen molar-refractivity contribution in [3.05, 3.63) is 35.4 Å². The first-order valence-corrected chi connectivity index (χ1v) is 8.57. The third kappa shape index (κ3) is 5.46. The number of nitrogens with one attached hydrogen (secondary N) is 1. The Bertz CT molecular complexity index is 526. The zero-order chi connectivity index (χ0) is 15.1. The molecule has 0 unspecified atom stereocenters. The van der Waals surface area contributed by atoms with Crippen LogP contribution < -0.4 is 11.1 Å². The van der Waals surface area contributed by atoms with Crippen molar-refractivity contribution in [2.24, 2.45) is 0 Å². The summed E-state index contributed by atoms with van der Waals surface area (Å²) in [6.45, 7) is 2.79. The molecule has 1 amide bonds. The monoisotopic (exact) mass is 304 g/mol. The second-order valence-corrected chi connectivity index (χ2v) is 6.54. The number of benzene rings is 1. The lowest BCUT2D eigenvalue weighted by atomic mass is 9.97. The van der Waals surface area contributed by atoms with Gasteiger partial charge in [0.15, 0.2) is 0 Å². The van der Waals surface area contributed by atoms with Gasteiger partial charge in [0, 0.05) is 17.1 Å². The standard InChI is InChI=1S/C17H24N2OS/c1-13-7-8-15(18)11-16(13)21-12-17(20)19-10-9-14-5-3-2-4-6-14/h5,7-8,11H,2-4,6,9-10,12,18H2,1H3,(H,19,20). The molecular formula is C17H24N2OS. The molecule has 0 saturated heterocycles. The van der Waals surface area contributed by atoms with Crippen LogP contribution >= 0.6 is 11.8 Å². The van der Waals surface area contributed by atoms with Crippen molar-refractivity contribution >= 4 is 23.4 Å². The van der Waals surface area contributed by atoms with E-state index in [4.69, 9.17) is 5.73 Å². The van der Waals surface area contributed by atoms with Gasteiger partial charge in [0.1, 0.15) is 0 Å². The van der Waals surface area contributed by atoms with Crippen LogP contribution in [0.4, 0.5) is 5.69 Å². The van der Waals surface area contributed by atoms with Crippen molar-refractivity contribution in [1.82, 2.24) is 5.32 Å². The number of hydrogen-bond donors (Lipinski definition) is 2. The molecule has 114 valence electrons. The number of allylic oxidation sites excluding steroid dienone is 1. The first kappa shape index (κ1) is 16.0. The minimum Gasteiger partial charge on any atom is -0.399 e. The SMILES string of the molecule is Cc1ccc(N)cc1SCC(=O)NCCC1=CCCCC1. The first-order chi connectivity index (χ1) is 10.1. The molecule has 3 N–H and O–H groups in total. The van der Waals surface area contributed by atoms with E-state index in [1.807, 2.05) is 25.1 Å². The summed E-state index contributed by atoms with van der Waals surface area (Å²) >= 11 is 1.55. The highest BCUT2D eigenvalue weighted by molar-refractivity contribution is 8.00. The Morgan fingerprint density at radius 1 is 1.38 bits per heavy atom. The van der Waals surface area contributed by atoms with E-state index in [2.05, 4.69) is 11.4 Å². The fourth-order valence-electron chi connectivity index (χ4n) is 2.46. The van der Waals surface area contributed by atoms with Gasteiger partial charge in [-0.15, -0.1) is 11.8 Å². The van der Waals surface area contributed by atoms with Crippen LogP contribution in [0.25, 0.3) is 0 Å². The third-order valence-electron chi connectivity index (χ3n) is 3.72. The Hall–Kier alpha value is -1.42. The maximum absolute atomic E-state index is 11.9. The van der Waals surface area contributed by atoms with E-state index in [-0.39, 0.29) is 5.91 Å². The summed E-state index contributed by atoms with van der Waals surface area (Å²) in [4.78, 5) is 13.0. The Morgan fingerprint density at radius 2 is 2.24 bits per heavy atom. The van der Waals surface area contributed by atoms with Gasteiger partial charge in [0.2, 0.25) is 5.91 Å². The number of hydrogen-bond acceptors (Lipinski definition) is 3. The molecule has 0 atom stereocenters. The molecular weight excluding hydrogens is 280 g/mol. The average molecular weight is 304 g/mol. The van der Waals surface area contributed by atoms with Crippen LogP contribution in [0.2, 0.25) is 0 Å². The van der Waals surface area contributed by atoms with Crippen molar-refractivity contribution in [3.8, 4) is 0 Å². The van der Waals surface area contributed by atoms with Crippen LogP contribution in [-0.2, 0) is 4.79 Å². The highest BCUT2D eigenvalue weighted by Crippen LogP contribution is 2.24. The van der Waals surface area contributed by atoms with E-state index in [1.165, 1.54) is 31.3 Å². The second kappa shape index (κ2) is 8.13. The molecule has 21 heavy (non-hydrogen) atoms. The van der Waals surface area contributed by atoms with Crippen molar-refractivity contribution in [1.29, 1.82) is 0 Å². The molecule has 0 aliphatic heterocycles. The molecule has 0 bridgehead atoms. The normalized spacial score (nSPS) is 14.6. The molecule has 0 saturated carbocycles. The molecule has 1 aromatic rings. The van der Waals surface area contributed by atoms with Crippen molar-refractivity contribution in [3.63, 3.8) is 0 Å². The van der Waals surface area contributed by atoms with Gasteiger partial charge in [-0.3, -0.25) is 4.79 Å². The number of carbonyl (C=O) groups excluding carboxylic acids is 1. The molecule has 2 rings (SSSR count). The lowest BCUT2D eigenvalue weighted by Gasteiger charge is -2.13. The predicted octanol–water partition coefficient (Wildman–Crippen LogP) is 3.68. The van der Waals surface area contributed by atoms with Gasteiger partial charge < -0.3 is 11.1 Å². The highest BCUT2D eigenvalue weighted by atomic mass is 32.2. The lowest BCUT2D eigenvalue weighted by Crippen LogP contribution is -2.26. The van der Waals surface area contributed by atoms with Crippen molar-refractivity contribution in [2.45, 2.75) is 43.9 Å². The maximum atomic E-state index is 11.9. The van der Waals surface area contributed by atoms with Crippen LogP contribution in [0.15, 0.2) is 34.7 Å². The Labute approximate surface area is 131 Å². The number of thioether (sulfide) groups is 1. The van der Waals surface area contributed by atoms with E-state index < -0.39 is 0 Å². The molecule has 1 aromatic carbocycles. The number of nitrogens with two attached hydrogens (primary N) is 1. The summed E-state index contributed by atoms with van der Waals surface area (Å²) in [6, 6.07) is 5.81. The van der Waals surface area contributed by atoms with Gasteiger partial charge in [-0.1, -0.05) is 17.7 Å². The molecule has 1 aliphatic rings. The lowest BCUT2D eigenvalue weighted by molar-refractivity contribution is -0.118. The number of amides is 1. The van der Waals surface area contributed by atoms with Gasteiger partial charge in [0.25, 0.3) is 0 Å². The number of nitrogen functional groups attached to an aromatic ring is 1. The van der Waals surface area contributed by atoms with Crippen LogP contribution in [0.3, 0.4) is 0 Å². The van der Waals surface area contributed by atoms with Gasteiger partial charge in [-0.25, -0.2) is 0 Å². The number of carbonyl (C=O) groups is 1. The molecule has 1 aliphatic carbocycles. The summed E-state index contributed by atoms with van der Waals surface area (Å²) in [6.07, 6.45) is 8.34. The average Bonchev–Trinajstić information content (AvgIpc) is 2.49. The summed E-state index contributed by atoms with van der Waals surface area (Å²) in [5.41, 5.74) is 9.18. The molecule has 0 fully saturated rings. The fourth-order valence-corrected chi connectivity index (χ4v) is 3.36. The minimum absolute atomic E-state index is 0.0956. The summed E-state index contributed by atoms with van der Waals surface area (Å²) in [5, 5.41) is 3.00. The Morgan fingerprint density at radius 3 is 3.00 bits per heavy atom. The third-order valence-corrected chi connectivity index (χ3v) is 4.88. The van der Waals surface area contributed by atoms with Gasteiger partial charge in [-0.05, 0) is 56.7 Å². The van der Waals surface area contributed by atoms with Crippen LogP contribution in [0.1, 0.15) is 37.7 Å². The van der Waals surface area contributed by atoms with Gasteiger partial charge >= 0.3 is 0 Å². The zero-order valence-electron chi connectivity index (χ0n) is 12.7. The van der Waals surface area contributed by atoms with E-state index in [1.54, 1.807) is 11.8 Å². The Balaban J connectivity index is 1.69. The molecule has 4 heteroatoms. The van der Waals surface area contributed by atoms with E-state index in [0.29, 0.717) is 5.75 Å². The second-order valence-electron chi connectivity index (χ2n) is 5.52. The van der Waals surface area contributed by atoms with Crippen LogP contribution in [-0.4, -0.2) is 18.2 Å². The van der Waals surface area contributed by atoms with Crippen molar-refractivity contribution in [2.75, 3.05) is 18.0 Å². The molecule has 0 radical (unpaired) electrons. The number of rotatable bonds is 6. The molecule has 0 spiro atoms. The van der Waals surface area contributed by atoms with E-state index in [0.717, 1.165) is 29.1 Å². The summed E-state index contributed by atoms with van der Waals surface area (Å²) in [5.74, 6) is 0.543. The summed E-state index contributed by atoms with van der Waals surface area (Å²) < 4.78 is 0. The zero-order valence-corrected chi connectivity index (χ0v) is 13.5. The van der Waals surface area contributed by atoms with E-state index in [9.17, 15) is 4.79 Å². The first-order valence-electron chi connectivity index (χ1n) is 7.58. The fraction of sp³-hybridized carbons (Fsp3) is 0.471. The molecule has 0 aromatic heterocycles. The highest BCUT2D eigenvalue weighted by Gasteiger charge is 2.07. The minimum atomic E-state index is 0.0956. The van der Waals surface area contributed by atoms with Crippen molar-refractivity contribution < 1.29 is 4.79 Å². The quantitative estimate of drug-likeness (QED) is 0.479. The molecule has 0 heterocycles. The maximum Gasteiger partial charge on any atom is 0.230 e. The van der Waals surface area contributed by atoms with Crippen LogP contribution in [0.5, 0.6) is 0 Å². The van der Waals surface area contributed by atoms with E-state index >= 15 is 0 Å². The largest absolute Gasteiger partial charge is 0.399 e. The summed E-state index contributed by atoms with van der Waals surface area (Å²) in [7, 11) is 0. The Kier molecular flexibility index (Phi) is 6.18. The predicted molar refractivity (Wildman–Crippen MR) is 90.5 cm³/mol.